The molecule has 0 saturated carbocycles. The molecular weight excluding hydrogens is 293 g/mol. The van der Waals surface area contributed by atoms with E-state index in [1.165, 1.54) is 35.1 Å². The summed E-state index contributed by atoms with van der Waals surface area (Å²) in [6.07, 6.45) is 2.33. The SMILES string of the molecule is CC[c-]1cccc1C.CC[c-]1cccc1C.[Ru+2]. The van der Waals surface area contributed by atoms with Crippen LogP contribution in [0.2, 0.25) is 0 Å². The minimum Gasteiger partial charge on any atom is -0.213 e. The fourth-order valence-corrected chi connectivity index (χ4v) is 1.89. The Morgan fingerprint density at radius 2 is 1.18 bits per heavy atom. The zero-order valence-corrected chi connectivity index (χ0v) is 13.0. The average molecular weight is 315 g/mol. The van der Waals surface area contributed by atoms with Gasteiger partial charge in [-0.1, -0.05) is 40.5 Å². The van der Waals surface area contributed by atoms with Crippen molar-refractivity contribution in [2.24, 2.45) is 0 Å². The van der Waals surface area contributed by atoms with Gasteiger partial charge in [-0.3, -0.25) is 0 Å². The van der Waals surface area contributed by atoms with Gasteiger partial charge in [-0.15, -0.1) is 0 Å². The van der Waals surface area contributed by atoms with Gasteiger partial charge in [-0.05, 0) is 0 Å². The topological polar surface area (TPSA) is 0 Å². The molecule has 0 bridgehead atoms. The molecule has 0 fully saturated rings. The third-order valence-corrected chi connectivity index (χ3v) is 3.06. The first-order chi connectivity index (χ1) is 7.69. The molecule has 0 heterocycles. The van der Waals surface area contributed by atoms with E-state index in [0.29, 0.717) is 0 Å². The van der Waals surface area contributed by atoms with Crippen LogP contribution in [0.1, 0.15) is 36.1 Å². The van der Waals surface area contributed by atoms with Gasteiger partial charge in [0.2, 0.25) is 0 Å². The normalized spacial score (nSPS) is 9.18. The van der Waals surface area contributed by atoms with Crippen LogP contribution in [-0.4, -0.2) is 0 Å². The standard InChI is InChI=1S/2C8H11.Ru/c2*1-3-8-6-4-5-7(8)2;/h2*4-6H,3H2,1-2H3;/q2*-1;+2. The maximum Gasteiger partial charge on any atom is 2.00 e. The molecule has 0 radical (unpaired) electrons. The van der Waals surface area contributed by atoms with Crippen molar-refractivity contribution in [2.75, 3.05) is 0 Å². The number of hydrogen-bond donors (Lipinski definition) is 0. The van der Waals surface area contributed by atoms with E-state index in [4.69, 9.17) is 0 Å². The van der Waals surface area contributed by atoms with Crippen molar-refractivity contribution >= 4 is 0 Å². The quantitative estimate of drug-likeness (QED) is 0.563. The van der Waals surface area contributed by atoms with Crippen molar-refractivity contribution in [3.8, 4) is 0 Å². The number of aryl methyl sites for hydroxylation is 4. The number of hydrogen-bond acceptors (Lipinski definition) is 0. The van der Waals surface area contributed by atoms with Crippen LogP contribution in [-0.2, 0) is 32.3 Å². The van der Waals surface area contributed by atoms with Gasteiger partial charge in [0.1, 0.15) is 0 Å². The summed E-state index contributed by atoms with van der Waals surface area (Å²) in [6, 6.07) is 12.9. The molecule has 0 spiro atoms. The molecule has 2 aromatic carbocycles. The van der Waals surface area contributed by atoms with E-state index in [2.05, 4.69) is 64.1 Å². The molecule has 0 unspecified atom stereocenters. The van der Waals surface area contributed by atoms with Crippen molar-refractivity contribution < 1.29 is 19.5 Å². The predicted octanol–water partition coefficient (Wildman–Crippen LogP) is 4.55. The summed E-state index contributed by atoms with van der Waals surface area (Å²) in [6.45, 7) is 8.67. The van der Waals surface area contributed by atoms with E-state index in [0.717, 1.165) is 0 Å². The van der Waals surface area contributed by atoms with E-state index >= 15 is 0 Å². The molecule has 0 saturated heterocycles. The third-order valence-electron chi connectivity index (χ3n) is 3.06. The minimum absolute atomic E-state index is 0. The van der Waals surface area contributed by atoms with Crippen LogP contribution in [0.25, 0.3) is 0 Å². The molecule has 1 heteroatoms. The smallest absolute Gasteiger partial charge is 0.213 e. The predicted molar refractivity (Wildman–Crippen MR) is 72.3 cm³/mol. The molecule has 0 atom stereocenters. The second-order valence-corrected chi connectivity index (χ2v) is 4.18. The molecule has 2 aromatic rings. The van der Waals surface area contributed by atoms with Gasteiger partial charge in [0, 0.05) is 0 Å². The second-order valence-electron chi connectivity index (χ2n) is 4.18. The zero-order chi connectivity index (χ0) is 12.0. The van der Waals surface area contributed by atoms with Crippen molar-refractivity contribution in [1.82, 2.24) is 0 Å². The molecule has 0 nitrogen and oxygen atoms in total. The monoisotopic (exact) mass is 316 g/mol. The Bertz CT molecular complexity index is 366. The van der Waals surface area contributed by atoms with Gasteiger partial charge in [-0.2, -0.15) is 34.4 Å². The summed E-state index contributed by atoms with van der Waals surface area (Å²) in [7, 11) is 0. The van der Waals surface area contributed by atoms with Crippen LogP contribution < -0.4 is 0 Å². The first-order valence-corrected chi connectivity index (χ1v) is 6.11. The van der Waals surface area contributed by atoms with Gasteiger partial charge in [0.05, 0.1) is 0 Å². The Morgan fingerprint density at radius 1 is 0.824 bits per heavy atom. The van der Waals surface area contributed by atoms with Crippen molar-refractivity contribution in [2.45, 2.75) is 40.5 Å². The summed E-state index contributed by atoms with van der Waals surface area (Å²) >= 11 is 0. The molecular formula is C16H22Ru. The van der Waals surface area contributed by atoms with Crippen molar-refractivity contribution in [3.05, 3.63) is 58.7 Å². The molecule has 0 aliphatic heterocycles. The van der Waals surface area contributed by atoms with Crippen molar-refractivity contribution in [3.63, 3.8) is 0 Å². The Balaban J connectivity index is 0.000000284. The summed E-state index contributed by atoms with van der Waals surface area (Å²) in [5, 5.41) is 0. The fraction of sp³-hybridized carbons (Fsp3) is 0.375. The van der Waals surface area contributed by atoms with Crippen LogP contribution in [0.4, 0.5) is 0 Å². The number of rotatable bonds is 2. The molecule has 94 valence electrons. The molecule has 0 amide bonds. The summed E-state index contributed by atoms with van der Waals surface area (Å²) in [4.78, 5) is 0. The van der Waals surface area contributed by atoms with Gasteiger partial charge >= 0.3 is 19.5 Å². The van der Waals surface area contributed by atoms with Crippen LogP contribution in [0, 0.1) is 13.8 Å². The summed E-state index contributed by atoms with van der Waals surface area (Å²) < 4.78 is 0. The first kappa shape index (κ1) is 16.3. The fourth-order valence-electron chi connectivity index (χ4n) is 1.89. The van der Waals surface area contributed by atoms with Gasteiger partial charge in [0.15, 0.2) is 0 Å². The zero-order valence-electron chi connectivity index (χ0n) is 11.2. The van der Waals surface area contributed by atoms with Crippen LogP contribution in [0.3, 0.4) is 0 Å². The molecule has 2 rings (SSSR count). The maximum absolute atomic E-state index is 2.18. The Labute approximate surface area is 119 Å². The summed E-state index contributed by atoms with van der Waals surface area (Å²) in [5.41, 5.74) is 5.80. The Kier molecular flexibility index (Phi) is 8.08. The molecule has 17 heavy (non-hydrogen) atoms. The second kappa shape index (κ2) is 8.42. The molecule has 0 aliphatic rings. The van der Waals surface area contributed by atoms with E-state index in [1.54, 1.807) is 0 Å². The van der Waals surface area contributed by atoms with Crippen molar-refractivity contribution in [1.29, 1.82) is 0 Å². The Hall–Kier alpha value is -0.677. The first-order valence-electron chi connectivity index (χ1n) is 6.11. The summed E-state index contributed by atoms with van der Waals surface area (Å²) in [5.74, 6) is 0. The third kappa shape index (κ3) is 5.00. The van der Waals surface area contributed by atoms with Crippen LogP contribution >= 0.6 is 0 Å². The Morgan fingerprint density at radius 3 is 1.29 bits per heavy atom. The van der Waals surface area contributed by atoms with E-state index in [-0.39, 0.29) is 19.5 Å². The molecule has 0 aromatic heterocycles. The van der Waals surface area contributed by atoms with Gasteiger partial charge < -0.3 is 0 Å². The minimum atomic E-state index is 0. The van der Waals surface area contributed by atoms with E-state index in [9.17, 15) is 0 Å². The maximum atomic E-state index is 2.18. The average Bonchev–Trinajstić information content (AvgIpc) is 2.87. The van der Waals surface area contributed by atoms with Crippen LogP contribution in [0.15, 0.2) is 36.4 Å². The van der Waals surface area contributed by atoms with E-state index < -0.39 is 0 Å². The van der Waals surface area contributed by atoms with Gasteiger partial charge in [0.25, 0.3) is 0 Å². The van der Waals surface area contributed by atoms with Gasteiger partial charge in [-0.25, -0.2) is 24.3 Å². The molecule has 0 N–H and O–H groups in total. The largest absolute Gasteiger partial charge is 2.00 e. The van der Waals surface area contributed by atoms with Crippen LogP contribution in [0.5, 0.6) is 0 Å². The molecule has 0 aliphatic carbocycles. The van der Waals surface area contributed by atoms with E-state index in [1.807, 2.05) is 0 Å².